The first-order valence-electron chi connectivity index (χ1n) is 8.76. The molecule has 2 aliphatic rings. The number of carbonyl (C=O) groups is 1. The minimum Gasteiger partial charge on any atom is -0.390 e. The fourth-order valence-corrected chi connectivity index (χ4v) is 3.61. The minimum absolute atomic E-state index is 0.188. The molecular weight excluding hydrogens is 290 g/mol. The number of aliphatic hydroxyl groups excluding tert-OH is 1. The van der Waals surface area contributed by atoms with Crippen LogP contribution in [0.5, 0.6) is 0 Å². The molecular formula is C18H27N3O2. The summed E-state index contributed by atoms with van der Waals surface area (Å²) in [5, 5.41) is 16.0. The van der Waals surface area contributed by atoms with Gasteiger partial charge in [0.25, 0.3) is 0 Å². The van der Waals surface area contributed by atoms with Gasteiger partial charge < -0.3 is 20.6 Å². The van der Waals surface area contributed by atoms with Crippen molar-refractivity contribution in [2.24, 2.45) is 0 Å². The Morgan fingerprint density at radius 1 is 1.22 bits per heavy atom. The van der Waals surface area contributed by atoms with Crippen molar-refractivity contribution in [2.45, 2.75) is 44.2 Å². The van der Waals surface area contributed by atoms with E-state index in [1.165, 1.54) is 25.9 Å². The van der Waals surface area contributed by atoms with Crippen molar-refractivity contribution in [1.82, 2.24) is 15.5 Å². The van der Waals surface area contributed by atoms with Gasteiger partial charge in [-0.1, -0.05) is 24.3 Å². The van der Waals surface area contributed by atoms with Crippen LogP contribution in [0.4, 0.5) is 4.79 Å². The molecule has 0 radical (unpaired) electrons. The Labute approximate surface area is 138 Å². The number of unbranched alkanes of at least 4 members (excludes halogenated alkanes) is 1. The molecule has 126 valence electrons. The molecule has 1 aromatic carbocycles. The molecule has 1 aliphatic carbocycles. The van der Waals surface area contributed by atoms with Gasteiger partial charge in [0.1, 0.15) is 0 Å². The summed E-state index contributed by atoms with van der Waals surface area (Å²) in [6.45, 7) is 4.28. The van der Waals surface area contributed by atoms with Gasteiger partial charge in [0.2, 0.25) is 0 Å². The zero-order valence-corrected chi connectivity index (χ0v) is 13.6. The summed E-state index contributed by atoms with van der Waals surface area (Å²) in [5.41, 5.74) is 2.15. The van der Waals surface area contributed by atoms with Crippen LogP contribution >= 0.6 is 0 Å². The highest BCUT2D eigenvalue weighted by molar-refractivity contribution is 5.74. The number of fused-ring (bicyclic) bond motifs is 1. The summed E-state index contributed by atoms with van der Waals surface area (Å²) in [4.78, 5) is 14.5. The number of likely N-dealkylation sites (tertiary alicyclic amines) is 1. The standard InChI is InChI=1S/C18H27N3O2/c22-16-13-14-7-1-2-8-15(14)17(16)20-18(23)19-9-3-4-10-21-11-5-6-12-21/h1-2,7-8,16-17,22H,3-6,9-13H2,(H2,19,20,23). The maximum atomic E-state index is 12.0. The molecule has 23 heavy (non-hydrogen) atoms. The third kappa shape index (κ3) is 4.24. The Balaban J connectivity index is 1.36. The van der Waals surface area contributed by atoms with Crippen LogP contribution < -0.4 is 10.6 Å². The lowest BCUT2D eigenvalue weighted by atomic mass is 10.1. The Hall–Kier alpha value is -1.59. The van der Waals surface area contributed by atoms with E-state index in [2.05, 4.69) is 15.5 Å². The average molecular weight is 317 g/mol. The predicted octanol–water partition coefficient (Wildman–Crippen LogP) is 1.82. The van der Waals surface area contributed by atoms with E-state index in [4.69, 9.17) is 0 Å². The highest BCUT2D eigenvalue weighted by Gasteiger charge is 2.31. The maximum absolute atomic E-state index is 12.0. The van der Waals surface area contributed by atoms with Crippen LogP contribution in [-0.4, -0.2) is 48.3 Å². The zero-order chi connectivity index (χ0) is 16.1. The first-order chi connectivity index (χ1) is 11.2. The number of hydrogen-bond acceptors (Lipinski definition) is 3. The molecule has 5 heteroatoms. The predicted molar refractivity (Wildman–Crippen MR) is 90.3 cm³/mol. The van der Waals surface area contributed by atoms with Crippen molar-refractivity contribution in [1.29, 1.82) is 0 Å². The number of nitrogens with one attached hydrogen (secondary N) is 2. The molecule has 1 fully saturated rings. The Morgan fingerprint density at radius 3 is 2.83 bits per heavy atom. The summed E-state index contributed by atoms with van der Waals surface area (Å²) in [6, 6.07) is 7.42. The van der Waals surface area contributed by atoms with E-state index in [0.29, 0.717) is 13.0 Å². The van der Waals surface area contributed by atoms with E-state index in [-0.39, 0.29) is 12.1 Å². The van der Waals surface area contributed by atoms with Gasteiger partial charge in [0.15, 0.2) is 0 Å². The number of carbonyl (C=O) groups excluding carboxylic acids is 1. The smallest absolute Gasteiger partial charge is 0.315 e. The maximum Gasteiger partial charge on any atom is 0.315 e. The summed E-state index contributed by atoms with van der Waals surface area (Å²) < 4.78 is 0. The molecule has 0 saturated carbocycles. The first-order valence-corrected chi connectivity index (χ1v) is 8.76. The van der Waals surface area contributed by atoms with E-state index in [1.807, 2.05) is 24.3 Å². The number of benzene rings is 1. The van der Waals surface area contributed by atoms with E-state index in [9.17, 15) is 9.90 Å². The van der Waals surface area contributed by atoms with Gasteiger partial charge in [-0.05, 0) is 56.4 Å². The zero-order valence-electron chi connectivity index (χ0n) is 13.6. The molecule has 0 spiro atoms. The topological polar surface area (TPSA) is 64.6 Å². The second-order valence-electron chi connectivity index (χ2n) is 6.60. The highest BCUT2D eigenvalue weighted by Crippen LogP contribution is 2.30. The molecule has 1 aromatic rings. The summed E-state index contributed by atoms with van der Waals surface area (Å²) in [7, 11) is 0. The number of rotatable bonds is 6. The van der Waals surface area contributed by atoms with Gasteiger partial charge in [-0.2, -0.15) is 0 Å². The van der Waals surface area contributed by atoms with Crippen molar-refractivity contribution < 1.29 is 9.90 Å². The third-order valence-electron chi connectivity index (χ3n) is 4.88. The first kappa shape index (κ1) is 16.3. The van der Waals surface area contributed by atoms with Gasteiger partial charge >= 0.3 is 6.03 Å². The van der Waals surface area contributed by atoms with E-state index in [1.54, 1.807) is 0 Å². The molecule has 2 unspecified atom stereocenters. The average Bonchev–Trinajstić information content (AvgIpc) is 3.16. The van der Waals surface area contributed by atoms with Crippen molar-refractivity contribution in [3.63, 3.8) is 0 Å². The van der Waals surface area contributed by atoms with Crippen LogP contribution in [0.2, 0.25) is 0 Å². The van der Waals surface area contributed by atoms with Crippen LogP contribution in [0.15, 0.2) is 24.3 Å². The molecule has 5 nitrogen and oxygen atoms in total. The van der Waals surface area contributed by atoms with Gasteiger partial charge in [-0.25, -0.2) is 4.79 Å². The molecule has 0 aromatic heterocycles. The summed E-state index contributed by atoms with van der Waals surface area (Å²) in [5.74, 6) is 0. The quantitative estimate of drug-likeness (QED) is 0.701. The number of amides is 2. The molecule has 1 saturated heterocycles. The lowest BCUT2D eigenvalue weighted by molar-refractivity contribution is 0.142. The second kappa shape index (κ2) is 7.79. The second-order valence-corrected chi connectivity index (χ2v) is 6.60. The SMILES string of the molecule is O=C(NCCCCN1CCCC1)NC1c2ccccc2CC1O. The molecule has 2 atom stereocenters. The molecule has 3 N–H and O–H groups in total. The van der Waals surface area contributed by atoms with Crippen LogP contribution in [0, 0.1) is 0 Å². The number of hydrogen-bond donors (Lipinski definition) is 3. The van der Waals surface area contributed by atoms with Gasteiger partial charge in [-0.15, -0.1) is 0 Å². The Kier molecular flexibility index (Phi) is 5.51. The van der Waals surface area contributed by atoms with E-state index < -0.39 is 6.10 Å². The van der Waals surface area contributed by atoms with Crippen LogP contribution in [0.25, 0.3) is 0 Å². The fraction of sp³-hybridized carbons (Fsp3) is 0.611. The largest absolute Gasteiger partial charge is 0.390 e. The lowest BCUT2D eigenvalue weighted by Crippen LogP contribution is -2.41. The minimum atomic E-state index is -0.534. The van der Waals surface area contributed by atoms with Crippen LogP contribution in [0.3, 0.4) is 0 Å². The number of nitrogens with zero attached hydrogens (tertiary/aromatic N) is 1. The molecule has 3 rings (SSSR count). The van der Waals surface area contributed by atoms with E-state index in [0.717, 1.165) is 30.5 Å². The van der Waals surface area contributed by atoms with Gasteiger partial charge in [0, 0.05) is 13.0 Å². The third-order valence-corrected chi connectivity index (χ3v) is 4.88. The Bertz CT molecular complexity index is 529. The normalized spacial score (nSPS) is 23.7. The Morgan fingerprint density at radius 2 is 2.00 bits per heavy atom. The highest BCUT2D eigenvalue weighted by atomic mass is 16.3. The van der Waals surface area contributed by atoms with Gasteiger partial charge in [0.05, 0.1) is 12.1 Å². The van der Waals surface area contributed by atoms with Crippen LogP contribution in [0.1, 0.15) is 42.9 Å². The lowest BCUT2D eigenvalue weighted by Gasteiger charge is -2.18. The molecule has 0 bridgehead atoms. The van der Waals surface area contributed by atoms with Crippen molar-refractivity contribution in [3.8, 4) is 0 Å². The van der Waals surface area contributed by atoms with E-state index >= 15 is 0 Å². The molecule has 2 amide bonds. The fourth-order valence-electron chi connectivity index (χ4n) is 3.61. The van der Waals surface area contributed by atoms with Crippen molar-refractivity contribution >= 4 is 6.03 Å². The number of urea groups is 1. The molecule has 1 aliphatic heterocycles. The van der Waals surface area contributed by atoms with Crippen LogP contribution in [-0.2, 0) is 6.42 Å². The summed E-state index contributed by atoms with van der Waals surface area (Å²) >= 11 is 0. The molecule has 1 heterocycles. The summed E-state index contributed by atoms with van der Waals surface area (Å²) in [6.07, 6.45) is 4.84. The monoisotopic (exact) mass is 317 g/mol. The van der Waals surface area contributed by atoms with Crippen molar-refractivity contribution in [2.75, 3.05) is 26.2 Å². The van der Waals surface area contributed by atoms with Gasteiger partial charge in [-0.3, -0.25) is 0 Å². The van der Waals surface area contributed by atoms with Crippen molar-refractivity contribution in [3.05, 3.63) is 35.4 Å². The number of aliphatic hydroxyl groups is 1.